The number of anilines is 1. The molecule has 1 aliphatic carbocycles. The molecule has 0 heterocycles. The summed E-state index contributed by atoms with van der Waals surface area (Å²) < 4.78 is 0. The molecule has 1 N–H and O–H groups in total. The Balaban J connectivity index is 1.87. The monoisotopic (exact) mass is 281 g/mol. The molecule has 0 unspecified atom stereocenters. The Labute approximate surface area is 120 Å². The van der Waals surface area contributed by atoms with E-state index in [4.69, 9.17) is 0 Å². The van der Waals surface area contributed by atoms with E-state index in [1.807, 2.05) is 11.8 Å². The van der Waals surface area contributed by atoms with Crippen molar-refractivity contribution in [2.75, 3.05) is 23.9 Å². The Kier molecular flexibility index (Phi) is 6.29. The molecule has 0 atom stereocenters. The number of hydrogen-bond acceptors (Lipinski definition) is 3. The molecule has 18 heavy (non-hydrogen) atoms. The fraction of sp³-hybridized carbons (Fsp3) is 0.600. The molecule has 0 radical (unpaired) electrons. The Morgan fingerprint density at radius 3 is 2.78 bits per heavy atom. The van der Waals surface area contributed by atoms with E-state index in [0.29, 0.717) is 0 Å². The van der Waals surface area contributed by atoms with Crippen molar-refractivity contribution in [2.45, 2.75) is 42.2 Å². The fourth-order valence-corrected chi connectivity index (χ4v) is 4.13. The van der Waals surface area contributed by atoms with Gasteiger partial charge in [-0.05, 0) is 43.4 Å². The van der Waals surface area contributed by atoms with Crippen LogP contribution in [0.3, 0.4) is 0 Å². The van der Waals surface area contributed by atoms with Crippen LogP contribution in [0.1, 0.15) is 32.1 Å². The second kappa shape index (κ2) is 8.00. The first-order valence-electron chi connectivity index (χ1n) is 6.88. The lowest BCUT2D eigenvalue weighted by Crippen LogP contribution is -2.04. The minimum absolute atomic E-state index is 0.846. The fourth-order valence-electron chi connectivity index (χ4n) is 2.34. The summed E-state index contributed by atoms with van der Waals surface area (Å²) in [6.45, 7) is 1.09. The number of thioether (sulfide) groups is 2. The average Bonchev–Trinajstić information content (AvgIpc) is 2.89. The first-order chi connectivity index (χ1) is 8.90. The van der Waals surface area contributed by atoms with E-state index in [2.05, 4.69) is 47.6 Å². The number of hydrogen-bond donors (Lipinski definition) is 1. The predicted molar refractivity (Wildman–Crippen MR) is 86.0 cm³/mol. The van der Waals surface area contributed by atoms with Crippen molar-refractivity contribution in [1.82, 2.24) is 0 Å². The van der Waals surface area contributed by atoms with Crippen molar-refractivity contribution in [3.63, 3.8) is 0 Å². The van der Waals surface area contributed by atoms with Crippen LogP contribution < -0.4 is 5.32 Å². The topological polar surface area (TPSA) is 12.0 Å². The Bertz CT molecular complexity index is 348. The first-order valence-corrected chi connectivity index (χ1v) is 9.16. The summed E-state index contributed by atoms with van der Waals surface area (Å²) in [5.74, 6) is 1.24. The van der Waals surface area contributed by atoms with Gasteiger partial charge in [-0.25, -0.2) is 0 Å². The van der Waals surface area contributed by atoms with Crippen LogP contribution in [0.4, 0.5) is 5.69 Å². The highest BCUT2D eigenvalue weighted by atomic mass is 32.2. The average molecular weight is 281 g/mol. The smallest absolute Gasteiger partial charge is 0.0478 e. The van der Waals surface area contributed by atoms with E-state index < -0.39 is 0 Å². The van der Waals surface area contributed by atoms with Crippen LogP contribution in [0, 0.1) is 0 Å². The largest absolute Gasteiger partial charge is 0.384 e. The van der Waals surface area contributed by atoms with E-state index in [1.54, 1.807) is 0 Å². The highest BCUT2D eigenvalue weighted by Gasteiger charge is 2.17. The maximum atomic E-state index is 3.59. The molecule has 0 amide bonds. The van der Waals surface area contributed by atoms with Gasteiger partial charge in [0.15, 0.2) is 0 Å². The Morgan fingerprint density at radius 1 is 1.22 bits per heavy atom. The highest BCUT2D eigenvalue weighted by Crippen LogP contribution is 2.37. The number of rotatable bonds is 7. The maximum Gasteiger partial charge on any atom is 0.0478 e. The molecule has 1 nitrogen and oxygen atoms in total. The molecule has 1 aliphatic rings. The Morgan fingerprint density at radius 2 is 2.00 bits per heavy atom. The molecule has 0 spiro atoms. The molecule has 3 heteroatoms. The molecule has 2 rings (SSSR count). The lowest BCUT2D eigenvalue weighted by molar-refractivity contribution is 0.886. The van der Waals surface area contributed by atoms with Gasteiger partial charge in [0.25, 0.3) is 0 Å². The normalized spacial score (nSPS) is 16.1. The molecular formula is C15H23NS2. The zero-order valence-electron chi connectivity index (χ0n) is 11.2. The minimum Gasteiger partial charge on any atom is -0.384 e. The van der Waals surface area contributed by atoms with Gasteiger partial charge in [0, 0.05) is 22.4 Å². The van der Waals surface area contributed by atoms with E-state index in [-0.39, 0.29) is 0 Å². The summed E-state index contributed by atoms with van der Waals surface area (Å²) in [5, 5.41) is 4.43. The zero-order valence-corrected chi connectivity index (χ0v) is 12.8. The van der Waals surface area contributed by atoms with Crippen LogP contribution >= 0.6 is 23.5 Å². The molecule has 0 saturated heterocycles. The predicted octanol–water partition coefficient (Wildman–Crippen LogP) is 4.89. The van der Waals surface area contributed by atoms with E-state index >= 15 is 0 Å². The summed E-state index contributed by atoms with van der Waals surface area (Å²) >= 11 is 4.00. The Hall–Kier alpha value is -0.280. The van der Waals surface area contributed by atoms with Gasteiger partial charge in [-0.3, -0.25) is 0 Å². The first kappa shape index (κ1) is 14.1. The third-order valence-electron chi connectivity index (χ3n) is 3.32. The maximum absolute atomic E-state index is 3.59. The van der Waals surface area contributed by atoms with Gasteiger partial charge in [0.1, 0.15) is 0 Å². The van der Waals surface area contributed by atoms with Crippen LogP contribution in [0.2, 0.25) is 0 Å². The lowest BCUT2D eigenvalue weighted by atomic mass is 10.3. The van der Waals surface area contributed by atoms with Crippen LogP contribution in [0.15, 0.2) is 29.2 Å². The van der Waals surface area contributed by atoms with Crippen LogP contribution in [0.5, 0.6) is 0 Å². The van der Waals surface area contributed by atoms with E-state index in [0.717, 1.165) is 11.8 Å². The standard InChI is InChI=1S/C15H23NS2/c1-17-12-6-11-16-14-9-4-5-10-15(14)18-13-7-2-3-8-13/h4-5,9-10,13,16H,2-3,6-8,11-12H2,1H3. The van der Waals surface area contributed by atoms with Crippen molar-refractivity contribution in [3.05, 3.63) is 24.3 Å². The lowest BCUT2D eigenvalue weighted by Gasteiger charge is -2.14. The second-order valence-corrected chi connectivity index (χ2v) is 7.12. The summed E-state index contributed by atoms with van der Waals surface area (Å²) in [6, 6.07) is 8.77. The second-order valence-electron chi connectivity index (χ2n) is 4.79. The van der Waals surface area contributed by atoms with Gasteiger partial charge in [-0.1, -0.05) is 25.0 Å². The molecule has 100 valence electrons. The van der Waals surface area contributed by atoms with Crippen molar-refractivity contribution in [1.29, 1.82) is 0 Å². The molecule has 0 aliphatic heterocycles. The molecule has 0 bridgehead atoms. The van der Waals surface area contributed by atoms with Crippen molar-refractivity contribution >= 4 is 29.2 Å². The summed E-state index contributed by atoms with van der Waals surface area (Å²) in [4.78, 5) is 1.44. The minimum atomic E-state index is 0.846. The zero-order chi connectivity index (χ0) is 12.6. The number of nitrogens with one attached hydrogen (secondary N) is 1. The summed E-state index contributed by atoms with van der Waals surface area (Å²) in [5.41, 5.74) is 1.33. The molecular weight excluding hydrogens is 258 g/mol. The van der Waals surface area contributed by atoms with Crippen molar-refractivity contribution in [2.24, 2.45) is 0 Å². The molecule has 1 saturated carbocycles. The van der Waals surface area contributed by atoms with Gasteiger partial charge in [-0.15, -0.1) is 11.8 Å². The van der Waals surface area contributed by atoms with Gasteiger partial charge in [0.05, 0.1) is 0 Å². The third-order valence-corrected chi connectivity index (χ3v) is 5.44. The van der Waals surface area contributed by atoms with Gasteiger partial charge in [-0.2, -0.15) is 11.8 Å². The van der Waals surface area contributed by atoms with Crippen molar-refractivity contribution < 1.29 is 0 Å². The third kappa shape index (κ3) is 4.43. The number of para-hydroxylation sites is 1. The number of benzene rings is 1. The molecule has 1 fully saturated rings. The highest BCUT2D eigenvalue weighted by molar-refractivity contribution is 8.00. The van der Waals surface area contributed by atoms with E-state index in [1.165, 1.54) is 48.4 Å². The molecule has 1 aromatic carbocycles. The van der Waals surface area contributed by atoms with Gasteiger partial charge in [0.2, 0.25) is 0 Å². The molecule has 0 aromatic heterocycles. The van der Waals surface area contributed by atoms with Crippen LogP contribution in [-0.2, 0) is 0 Å². The summed E-state index contributed by atoms with van der Waals surface area (Å²) in [6.07, 6.45) is 9.03. The van der Waals surface area contributed by atoms with Crippen LogP contribution in [-0.4, -0.2) is 23.8 Å². The molecule has 1 aromatic rings. The van der Waals surface area contributed by atoms with E-state index in [9.17, 15) is 0 Å². The van der Waals surface area contributed by atoms with Crippen LogP contribution in [0.25, 0.3) is 0 Å². The van der Waals surface area contributed by atoms with Crippen molar-refractivity contribution in [3.8, 4) is 0 Å². The van der Waals surface area contributed by atoms with Gasteiger partial charge < -0.3 is 5.32 Å². The SMILES string of the molecule is CSCCCNc1ccccc1SC1CCCC1. The quantitative estimate of drug-likeness (QED) is 0.715. The summed E-state index contributed by atoms with van der Waals surface area (Å²) in [7, 11) is 0. The van der Waals surface area contributed by atoms with Gasteiger partial charge >= 0.3 is 0 Å².